The molecule has 1 heterocycles. The van der Waals surface area contributed by atoms with E-state index in [0.29, 0.717) is 12.2 Å². The maximum atomic E-state index is 13.2. The predicted octanol–water partition coefficient (Wildman–Crippen LogP) is 3.34. The molecular weight excluding hydrogens is 230 g/mol. The van der Waals surface area contributed by atoms with Crippen LogP contribution in [0.5, 0.6) is 0 Å². The number of hydrogen-bond acceptors (Lipinski definition) is 3. The van der Waals surface area contributed by atoms with Gasteiger partial charge in [-0.2, -0.15) is 0 Å². The van der Waals surface area contributed by atoms with E-state index in [1.54, 1.807) is 17.5 Å². The molecule has 2 rings (SSSR count). The minimum Gasteiger partial charge on any atom is -0.378 e. The van der Waals surface area contributed by atoms with Gasteiger partial charge in [-0.25, -0.2) is 13.8 Å². The molecule has 0 saturated carbocycles. The molecule has 0 spiro atoms. The summed E-state index contributed by atoms with van der Waals surface area (Å²) in [4.78, 5) is 5.11. The van der Waals surface area contributed by atoms with Crippen LogP contribution in [0, 0.1) is 18.6 Å². The Kier molecular flexibility index (Phi) is 3.14. The largest absolute Gasteiger partial charge is 0.378 e. The lowest BCUT2D eigenvalue weighted by molar-refractivity contribution is 0.585. The number of aryl methyl sites for hydroxylation is 1. The number of aromatic nitrogens is 1. The summed E-state index contributed by atoms with van der Waals surface area (Å²) in [5.41, 5.74) is 0.299. The second kappa shape index (κ2) is 4.57. The second-order valence-corrected chi connectivity index (χ2v) is 4.64. The van der Waals surface area contributed by atoms with Crippen molar-refractivity contribution in [3.8, 4) is 0 Å². The van der Waals surface area contributed by atoms with Crippen LogP contribution in [0.1, 0.15) is 9.88 Å². The first-order valence-electron chi connectivity index (χ1n) is 4.75. The molecule has 0 bridgehead atoms. The highest BCUT2D eigenvalue weighted by Gasteiger charge is 2.04. The fourth-order valence-electron chi connectivity index (χ4n) is 1.30. The molecule has 1 aromatic heterocycles. The zero-order chi connectivity index (χ0) is 11.5. The van der Waals surface area contributed by atoms with Gasteiger partial charge in [-0.15, -0.1) is 11.3 Å². The molecule has 5 heteroatoms. The van der Waals surface area contributed by atoms with Gasteiger partial charge in [0.15, 0.2) is 0 Å². The van der Waals surface area contributed by atoms with Gasteiger partial charge in [0.2, 0.25) is 0 Å². The molecule has 16 heavy (non-hydrogen) atoms. The van der Waals surface area contributed by atoms with Crippen LogP contribution >= 0.6 is 11.3 Å². The van der Waals surface area contributed by atoms with Crippen LogP contribution in [-0.4, -0.2) is 4.98 Å². The molecule has 0 aliphatic heterocycles. The van der Waals surface area contributed by atoms with Crippen LogP contribution in [0.25, 0.3) is 0 Å². The van der Waals surface area contributed by atoms with E-state index >= 15 is 0 Å². The topological polar surface area (TPSA) is 24.9 Å². The number of anilines is 1. The van der Waals surface area contributed by atoms with Gasteiger partial charge in [-0.05, 0) is 19.1 Å². The lowest BCUT2D eigenvalue weighted by Crippen LogP contribution is -2.00. The van der Waals surface area contributed by atoms with Gasteiger partial charge < -0.3 is 5.32 Å². The van der Waals surface area contributed by atoms with Gasteiger partial charge in [-0.1, -0.05) is 0 Å². The van der Waals surface area contributed by atoms with E-state index in [1.807, 2.05) is 6.92 Å². The Balaban J connectivity index is 2.04. The monoisotopic (exact) mass is 240 g/mol. The van der Waals surface area contributed by atoms with E-state index in [-0.39, 0.29) is 0 Å². The van der Waals surface area contributed by atoms with Crippen molar-refractivity contribution in [2.75, 3.05) is 5.32 Å². The lowest BCUT2D eigenvalue weighted by Gasteiger charge is -2.05. The average Bonchev–Trinajstić information content (AvgIpc) is 2.63. The van der Waals surface area contributed by atoms with Crippen molar-refractivity contribution in [1.29, 1.82) is 0 Å². The number of hydrogen-bond donors (Lipinski definition) is 1. The molecule has 0 aliphatic rings. The Labute approximate surface area is 96.0 Å². The number of halogens is 2. The number of nitrogens with one attached hydrogen (secondary N) is 1. The van der Waals surface area contributed by atoms with Crippen LogP contribution in [0.15, 0.2) is 24.4 Å². The molecule has 1 N–H and O–H groups in total. The number of nitrogens with zero attached hydrogens (tertiary/aromatic N) is 1. The van der Waals surface area contributed by atoms with Crippen molar-refractivity contribution >= 4 is 17.0 Å². The summed E-state index contributed by atoms with van der Waals surface area (Å²) >= 11 is 1.55. The molecule has 0 radical (unpaired) electrons. The predicted molar refractivity (Wildman–Crippen MR) is 60.5 cm³/mol. The molecule has 0 atom stereocenters. The first-order valence-corrected chi connectivity index (χ1v) is 5.57. The van der Waals surface area contributed by atoms with Crippen LogP contribution in [0.4, 0.5) is 14.5 Å². The molecule has 0 amide bonds. The standard InChI is InChI=1S/C11H10F2N2S/c1-7-14-5-9(16-7)6-15-11-3-2-8(12)4-10(11)13/h2-5,15H,6H2,1H3. The Morgan fingerprint density at radius 1 is 1.38 bits per heavy atom. The van der Waals surface area contributed by atoms with Crippen LogP contribution in [0.3, 0.4) is 0 Å². The van der Waals surface area contributed by atoms with Gasteiger partial charge in [0.05, 0.1) is 17.2 Å². The third kappa shape index (κ3) is 2.55. The van der Waals surface area contributed by atoms with Gasteiger partial charge in [-0.3, -0.25) is 0 Å². The first-order chi connectivity index (χ1) is 7.65. The molecule has 1 aromatic carbocycles. The second-order valence-electron chi connectivity index (χ2n) is 3.32. The zero-order valence-corrected chi connectivity index (χ0v) is 9.44. The summed E-state index contributed by atoms with van der Waals surface area (Å²) in [5.74, 6) is -1.15. The Hall–Kier alpha value is -1.49. The summed E-state index contributed by atoms with van der Waals surface area (Å²) < 4.78 is 25.9. The SMILES string of the molecule is Cc1ncc(CNc2ccc(F)cc2F)s1. The van der Waals surface area contributed by atoms with Crippen molar-refractivity contribution in [2.24, 2.45) is 0 Å². The van der Waals surface area contributed by atoms with E-state index in [9.17, 15) is 8.78 Å². The third-order valence-electron chi connectivity index (χ3n) is 2.05. The first kappa shape index (κ1) is 11.0. The van der Waals surface area contributed by atoms with E-state index in [1.165, 1.54) is 12.1 Å². The molecule has 0 saturated heterocycles. The molecule has 2 aromatic rings. The van der Waals surface area contributed by atoms with Gasteiger partial charge in [0, 0.05) is 17.1 Å². The maximum absolute atomic E-state index is 13.2. The highest BCUT2D eigenvalue weighted by atomic mass is 32.1. The average molecular weight is 240 g/mol. The van der Waals surface area contributed by atoms with Crippen LogP contribution in [0.2, 0.25) is 0 Å². The summed E-state index contributed by atoms with van der Waals surface area (Å²) in [6.45, 7) is 2.40. The molecule has 84 valence electrons. The van der Waals surface area contributed by atoms with Crippen molar-refractivity contribution in [2.45, 2.75) is 13.5 Å². The normalized spacial score (nSPS) is 10.4. The summed E-state index contributed by atoms with van der Waals surface area (Å²) in [5, 5.41) is 3.87. The smallest absolute Gasteiger partial charge is 0.149 e. The third-order valence-corrected chi connectivity index (χ3v) is 2.97. The van der Waals surface area contributed by atoms with Gasteiger partial charge in [0.25, 0.3) is 0 Å². The molecule has 0 fully saturated rings. The molecule has 0 unspecified atom stereocenters. The number of rotatable bonds is 3. The lowest BCUT2D eigenvalue weighted by atomic mass is 10.3. The highest BCUT2D eigenvalue weighted by Crippen LogP contribution is 2.18. The van der Waals surface area contributed by atoms with Crippen molar-refractivity contribution in [3.05, 3.63) is 45.9 Å². The minimum atomic E-state index is -0.582. The van der Waals surface area contributed by atoms with Gasteiger partial charge in [0.1, 0.15) is 11.6 Å². The molecular formula is C11H10F2N2S. The van der Waals surface area contributed by atoms with E-state index in [4.69, 9.17) is 0 Å². The summed E-state index contributed by atoms with van der Waals surface area (Å²) in [6.07, 6.45) is 1.74. The molecule has 0 aliphatic carbocycles. The van der Waals surface area contributed by atoms with Crippen LogP contribution < -0.4 is 5.32 Å². The van der Waals surface area contributed by atoms with Gasteiger partial charge >= 0.3 is 0 Å². The summed E-state index contributed by atoms with van der Waals surface area (Å²) in [7, 11) is 0. The molecule has 2 nitrogen and oxygen atoms in total. The Bertz CT molecular complexity index is 496. The van der Waals surface area contributed by atoms with Crippen molar-refractivity contribution < 1.29 is 8.78 Å². The summed E-state index contributed by atoms with van der Waals surface area (Å²) in [6, 6.07) is 3.47. The Morgan fingerprint density at radius 3 is 2.81 bits per heavy atom. The number of benzene rings is 1. The van der Waals surface area contributed by atoms with Crippen molar-refractivity contribution in [3.63, 3.8) is 0 Å². The van der Waals surface area contributed by atoms with Crippen LogP contribution in [-0.2, 0) is 6.54 Å². The fourth-order valence-corrected chi connectivity index (χ4v) is 2.04. The van der Waals surface area contributed by atoms with E-state index in [0.717, 1.165) is 16.0 Å². The Morgan fingerprint density at radius 2 is 2.19 bits per heavy atom. The fraction of sp³-hybridized carbons (Fsp3) is 0.182. The highest BCUT2D eigenvalue weighted by molar-refractivity contribution is 7.11. The minimum absolute atomic E-state index is 0.299. The zero-order valence-electron chi connectivity index (χ0n) is 8.63. The number of thiazole rings is 1. The van der Waals surface area contributed by atoms with E-state index in [2.05, 4.69) is 10.3 Å². The maximum Gasteiger partial charge on any atom is 0.149 e. The van der Waals surface area contributed by atoms with Crippen molar-refractivity contribution in [1.82, 2.24) is 4.98 Å². The quantitative estimate of drug-likeness (QED) is 0.890. The van der Waals surface area contributed by atoms with E-state index < -0.39 is 11.6 Å².